The first-order valence-corrected chi connectivity index (χ1v) is 12.4. The van der Waals surface area contributed by atoms with Crippen molar-refractivity contribution in [1.29, 1.82) is 0 Å². The fourth-order valence-electron chi connectivity index (χ4n) is 3.64. The number of carbonyl (C=O) groups excluding carboxylic acids is 3. The van der Waals surface area contributed by atoms with Gasteiger partial charge in [0.1, 0.15) is 12.1 Å². The minimum Gasteiger partial charge on any atom is -0.465 e. The predicted octanol–water partition coefficient (Wildman–Crippen LogP) is 3.77. The maximum absolute atomic E-state index is 12.8. The van der Waals surface area contributed by atoms with E-state index in [9.17, 15) is 14.4 Å². The topological polar surface area (TPSA) is 124 Å². The van der Waals surface area contributed by atoms with E-state index < -0.39 is 24.0 Å². The molecular formula is C26H39N3O5. The molecule has 1 aromatic heterocycles. The van der Waals surface area contributed by atoms with Crippen molar-refractivity contribution in [2.24, 2.45) is 5.73 Å². The van der Waals surface area contributed by atoms with Gasteiger partial charge in [0, 0.05) is 29.9 Å². The SMILES string of the molecule is CCCCCOC(=O)[C@H](Cc1c[nH]c2ccccc12)NC(=O)CC[C@H](N)C(=O)OCCCCC. The van der Waals surface area contributed by atoms with E-state index in [2.05, 4.69) is 24.1 Å². The molecule has 0 spiro atoms. The van der Waals surface area contributed by atoms with Crippen LogP contribution in [0.15, 0.2) is 30.5 Å². The molecule has 2 rings (SSSR count). The molecule has 0 aliphatic rings. The van der Waals surface area contributed by atoms with Gasteiger partial charge >= 0.3 is 11.9 Å². The molecule has 0 fully saturated rings. The van der Waals surface area contributed by atoms with E-state index >= 15 is 0 Å². The third-order valence-corrected chi connectivity index (χ3v) is 5.69. The van der Waals surface area contributed by atoms with Crippen molar-refractivity contribution >= 4 is 28.7 Å². The zero-order chi connectivity index (χ0) is 24.8. The molecule has 0 saturated carbocycles. The number of H-pyrrole nitrogens is 1. The number of rotatable bonds is 16. The number of fused-ring (bicyclic) bond motifs is 1. The number of nitrogens with two attached hydrogens (primary N) is 1. The second kappa shape index (κ2) is 15.1. The Morgan fingerprint density at radius 2 is 1.62 bits per heavy atom. The average molecular weight is 474 g/mol. The number of aromatic nitrogens is 1. The normalized spacial score (nSPS) is 12.8. The highest BCUT2D eigenvalue weighted by molar-refractivity contribution is 5.87. The lowest BCUT2D eigenvalue weighted by Gasteiger charge is -2.18. The smallest absolute Gasteiger partial charge is 0.328 e. The van der Waals surface area contributed by atoms with E-state index in [1.165, 1.54) is 0 Å². The number of hydrogen-bond donors (Lipinski definition) is 3. The van der Waals surface area contributed by atoms with Crippen molar-refractivity contribution < 1.29 is 23.9 Å². The molecule has 1 aromatic carbocycles. The minimum absolute atomic E-state index is 0.0126. The van der Waals surface area contributed by atoms with E-state index in [-0.39, 0.29) is 18.7 Å². The summed E-state index contributed by atoms with van der Waals surface area (Å²) in [5, 5.41) is 3.77. The van der Waals surface area contributed by atoms with Gasteiger partial charge in [-0.05, 0) is 30.9 Å². The molecule has 1 amide bonds. The molecule has 8 heteroatoms. The van der Waals surface area contributed by atoms with Crippen LogP contribution < -0.4 is 11.1 Å². The van der Waals surface area contributed by atoms with Crippen molar-refractivity contribution in [3.63, 3.8) is 0 Å². The summed E-state index contributed by atoms with van der Waals surface area (Å²) < 4.78 is 10.6. The number of benzene rings is 1. The van der Waals surface area contributed by atoms with Gasteiger partial charge in [-0.1, -0.05) is 57.7 Å². The maximum Gasteiger partial charge on any atom is 0.328 e. The van der Waals surface area contributed by atoms with Crippen LogP contribution in [0.5, 0.6) is 0 Å². The van der Waals surface area contributed by atoms with Crippen molar-refractivity contribution in [2.75, 3.05) is 13.2 Å². The van der Waals surface area contributed by atoms with Crippen molar-refractivity contribution in [3.05, 3.63) is 36.0 Å². The first kappa shape index (κ1) is 27.4. The van der Waals surface area contributed by atoms with Gasteiger partial charge in [-0.3, -0.25) is 9.59 Å². The monoisotopic (exact) mass is 473 g/mol. The second-order valence-corrected chi connectivity index (χ2v) is 8.58. The van der Waals surface area contributed by atoms with Gasteiger partial charge in [0.25, 0.3) is 0 Å². The number of esters is 2. The van der Waals surface area contributed by atoms with Gasteiger partial charge in [-0.25, -0.2) is 4.79 Å². The quantitative estimate of drug-likeness (QED) is 0.252. The molecule has 0 unspecified atom stereocenters. The molecule has 0 radical (unpaired) electrons. The second-order valence-electron chi connectivity index (χ2n) is 8.58. The van der Waals surface area contributed by atoms with E-state index in [1.54, 1.807) is 0 Å². The fraction of sp³-hybridized carbons (Fsp3) is 0.577. The van der Waals surface area contributed by atoms with Crippen LogP contribution in [0.1, 0.15) is 70.8 Å². The van der Waals surface area contributed by atoms with Crippen molar-refractivity contribution in [1.82, 2.24) is 10.3 Å². The van der Waals surface area contributed by atoms with Gasteiger partial charge < -0.3 is 25.5 Å². The van der Waals surface area contributed by atoms with E-state index in [1.807, 2.05) is 30.5 Å². The van der Waals surface area contributed by atoms with Gasteiger partial charge in [-0.15, -0.1) is 0 Å². The number of amides is 1. The van der Waals surface area contributed by atoms with Crippen LogP contribution in [0.4, 0.5) is 0 Å². The van der Waals surface area contributed by atoms with E-state index in [0.717, 1.165) is 55.0 Å². The standard InChI is InChI=1S/C26H39N3O5/c1-3-5-9-15-33-25(31)21(27)13-14-24(30)29-23(26(32)34-16-10-6-4-2)17-19-18-28-22-12-8-7-11-20(19)22/h7-8,11-12,18,21,23,28H,3-6,9-10,13-17,27H2,1-2H3,(H,29,30)/t21-,23-/m0/s1. The third kappa shape index (κ3) is 9.17. The number of ether oxygens (including phenoxy) is 2. The van der Waals surface area contributed by atoms with Gasteiger partial charge in [-0.2, -0.15) is 0 Å². The molecule has 2 aromatic rings. The lowest BCUT2D eigenvalue weighted by Crippen LogP contribution is -2.44. The zero-order valence-corrected chi connectivity index (χ0v) is 20.4. The lowest BCUT2D eigenvalue weighted by molar-refractivity contribution is -0.148. The van der Waals surface area contributed by atoms with Crippen LogP contribution in [0.2, 0.25) is 0 Å². The molecule has 0 aliphatic heterocycles. The Bertz CT molecular complexity index is 911. The van der Waals surface area contributed by atoms with Gasteiger partial charge in [0.15, 0.2) is 0 Å². The Morgan fingerprint density at radius 3 is 2.29 bits per heavy atom. The van der Waals surface area contributed by atoms with Crippen molar-refractivity contribution in [2.45, 2.75) is 83.7 Å². The first-order valence-electron chi connectivity index (χ1n) is 12.4. The Morgan fingerprint density at radius 1 is 0.971 bits per heavy atom. The number of para-hydroxylation sites is 1. The summed E-state index contributed by atoms with van der Waals surface area (Å²) in [6.07, 6.45) is 7.89. The molecule has 188 valence electrons. The summed E-state index contributed by atoms with van der Waals surface area (Å²) >= 11 is 0. The van der Waals surface area contributed by atoms with Crippen molar-refractivity contribution in [3.8, 4) is 0 Å². The number of aromatic amines is 1. The van der Waals surface area contributed by atoms with Crippen LogP contribution in [0, 0.1) is 0 Å². The van der Waals surface area contributed by atoms with Crippen LogP contribution >= 0.6 is 0 Å². The van der Waals surface area contributed by atoms with Gasteiger partial charge in [0.2, 0.25) is 5.91 Å². The predicted molar refractivity (Wildman–Crippen MR) is 132 cm³/mol. The summed E-state index contributed by atoms with van der Waals surface area (Å²) in [6, 6.07) is 6.09. The Labute approximate surface area is 201 Å². The Hall–Kier alpha value is -2.87. The highest BCUT2D eigenvalue weighted by atomic mass is 16.5. The molecule has 34 heavy (non-hydrogen) atoms. The fourth-order valence-corrected chi connectivity index (χ4v) is 3.64. The first-order chi connectivity index (χ1) is 16.5. The Balaban J connectivity index is 1.93. The van der Waals surface area contributed by atoms with Crippen LogP contribution in [0.3, 0.4) is 0 Å². The summed E-state index contributed by atoms with van der Waals surface area (Å²) in [6.45, 7) is 4.80. The molecule has 0 saturated heterocycles. The molecule has 0 bridgehead atoms. The number of nitrogens with one attached hydrogen (secondary N) is 2. The highest BCUT2D eigenvalue weighted by Gasteiger charge is 2.25. The zero-order valence-electron chi connectivity index (χ0n) is 20.4. The summed E-state index contributed by atoms with van der Waals surface area (Å²) in [7, 11) is 0. The largest absolute Gasteiger partial charge is 0.465 e. The summed E-state index contributed by atoms with van der Waals surface area (Å²) in [5.74, 6) is -1.33. The van der Waals surface area contributed by atoms with E-state index in [4.69, 9.17) is 15.2 Å². The van der Waals surface area contributed by atoms with E-state index in [0.29, 0.717) is 19.6 Å². The number of unbranched alkanes of at least 4 members (excludes halogenated alkanes) is 4. The maximum atomic E-state index is 12.8. The molecule has 0 aliphatic carbocycles. The van der Waals surface area contributed by atoms with Gasteiger partial charge in [0.05, 0.1) is 13.2 Å². The Kier molecular flexibility index (Phi) is 12.2. The number of hydrogen-bond acceptors (Lipinski definition) is 6. The van der Waals surface area contributed by atoms with Crippen LogP contribution in [0.25, 0.3) is 10.9 Å². The highest BCUT2D eigenvalue weighted by Crippen LogP contribution is 2.19. The lowest BCUT2D eigenvalue weighted by atomic mass is 10.0. The molecule has 8 nitrogen and oxygen atoms in total. The minimum atomic E-state index is -0.875. The molecule has 4 N–H and O–H groups in total. The molecular weight excluding hydrogens is 434 g/mol. The third-order valence-electron chi connectivity index (χ3n) is 5.69. The molecule has 2 atom stereocenters. The number of carbonyl (C=O) groups is 3. The summed E-state index contributed by atoms with van der Waals surface area (Å²) in [4.78, 5) is 40.6. The van der Waals surface area contributed by atoms with Crippen LogP contribution in [-0.2, 0) is 30.3 Å². The average Bonchev–Trinajstić information content (AvgIpc) is 3.25. The summed E-state index contributed by atoms with van der Waals surface area (Å²) in [5.41, 5.74) is 7.76. The van der Waals surface area contributed by atoms with Crippen LogP contribution in [-0.4, -0.2) is 48.1 Å². The molecule has 1 heterocycles.